The van der Waals surface area contributed by atoms with E-state index in [1.165, 1.54) is 0 Å². The van der Waals surface area contributed by atoms with Crippen LogP contribution in [-0.4, -0.2) is 36.0 Å². The first-order valence-electron chi connectivity index (χ1n) is 0.707. The van der Waals surface area contributed by atoms with Crippen LogP contribution in [0.3, 0.4) is 0 Å². The number of hydrogen-bond donors (Lipinski definition) is 1. The molecule has 0 heterocycles. The van der Waals surface area contributed by atoms with E-state index < -0.39 is 0 Å². The van der Waals surface area contributed by atoms with Crippen LogP contribution >= 0.6 is 0 Å². The monoisotopic (exact) mass is 85.0 g/mol. The van der Waals surface area contributed by atoms with E-state index in [2.05, 4.69) is 10.7 Å². The van der Waals surface area contributed by atoms with Gasteiger partial charge >= 0.3 is 36.0 Å². The van der Waals surface area contributed by atoms with Gasteiger partial charge in [0.2, 0.25) is 0 Å². The van der Waals surface area contributed by atoms with E-state index in [0.29, 0.717) is 0 Å². The molecule has 0 aliphatic rings. The van der Waals surface area contributed by atoms with Crippen LogP contribution in [0.2, 0.25) is 0 Å². The van der Waals surface area contributed by atoms with Gasteiger partial charge in [-0.05, 0) is 0 Å². The summed E-state index contributed by atoms with van der Waals surface area (Å²) in [6, 6.07) is 0. The van der Waals surface area contributed by atoms with Crippen molar-refractivity contribution in [3.8, 4) is 0 Å². The summed E-state index contributed by atoms with van der Waals surface area (Å²) >= 11 is 0. The van der Waals surface area contributed by atoms with Crippen LogP contribution in [0.5, 0.6) is 0 Å². The second kappa shape index (κ2) is 8.83. The molecule has 2 N–H and O–H groups in total. The van der Waals surface area contributed by atoms with Crippen molar-refractivity contribution in [2.24, 2.45) is 5.90 Å². The minimum atomic E-state index is 0. The summed E-state index contributed by atoms with van der Waals surface area (Å²) < 4.78 is 0. The normalized spacial score (nSPS) is 4.20. The molecule has 0 rings (SSSR count). The zero-order valence-corrected chi connectivity index (χ0v) is 1.97. The van der Waals surface area contributed by atoms with E-state index in [0.717, 1.165) is 0 Å². The fraction of sp³-hybridized carbons (Fsp3) is 0. The molecule has 0 aromatic heterocycles. The molecule has 0 saturated carbocycles. The Morgan fingerprint density at radius 1 is 1.80 bits per heavy atom. The molecule has 0 unspecified atom stereocenters. The van der Waals surface area contributed by atoms with E-state index in [1.54, 1.807) is 0 Å². The zero-order valence-electron chi connectivity index (χ0n) is 1.97. The van der Waals surface area contributed by atoms with E-state index in [9.17, 15) is 0 Å². The Labute approximate surface area is 51.7 Å². The second-order valence-electron chi connectivity index (χ2n) is 0.232. The summed E-state index contributed by atoms with van der Waals surface area (Å²) in [5, 5.41) is 0. The Bertz CT molecular complexity index is 23.6. The summed E-state index contributed by atoms with van der Waals surface area (Å²) in [6.07, 6.45) is 0. The summed E-state index contributed by atoms with van der Waals surface area (Å²) in [6.45, 7) is 0.153. The van der Waals surface area contributed by atoms with Crippen LogP contribution in [0.25, 0.3) is 0 Å². The van der Waals surface area contributed by atoms with Gasteiger partial charge in [-0.25, -0.2) is 0 Å². The molecule has 0 spiro atoms. The van der Waals surface area contributed by atoms with Gasteiger partial charge in [-0.15, -0.1) is 0 Å². The predicted molar refractivity (Wildman–Crippen MR) is 18.5 cm³/mol. The molecule has 0 saturated heterocycles. The molecule has 0 fully saturated rings. The summed E-state index contributed by atoms with van der Waals surface area (Å²) in [5.41, 5.74) is 0. The topological polar surface area (TPSA) is 52.3 Å². The first kappa shape index (κ1) is 9.06. The van der Waals surface area contributed by atoms with E-state index in [-0.39, 0.29) is 36.0 Å². The molecule has 5 heavy (non-hydrogen) atoms. The molecule has 0 aromatic rings. The molecule has 0 bridgehead atoms. The van der Waals surface area contributed by atoms with E-state index in [1.807, 2.05) is 0 Å². The van der Waals surface area contributed by atoms with Crippen molar-refractivity contribution < 1.29 is 9.63 Å². The Morgan fingerprint density at radius 2 is 2.00 bits per heavy atom. The van der Waals surface area contributed by atoms with Gasteiger partial charge in [-0.2, -0.15) is 5.90 Å². The maximum atomic E-state index is 8.83. The van der Waals surface area contributed by atoms with Crippen LogP contribution in [0, 0.1) is 0 Å². The van der Waals surface area contributed by atoms with Gasteiger partial charge in [0.15, 0.2) is 0 Å². The number of hydrogen-bond acceptors (Lipinski definition) is 3. The molecule has 26 valence electrons. The quantitative estimate of drug-likeness (QED) is 0.236. The molecule has 4 heteroatoms. The van der Waals surface area contributed by atoms with E-state index in [4.69, 9.17) is 4.79 Å². The minimum absolute atomic E-state index is 0. The molecule has 0 amide bonds. The molecular formula is CH4NNaO2. The van der Waals surface area contributed by atoms with Gasteiger partial charge in [-0.3, -0.25) is 4.79 Å². The van der Waals surface area contributed by atoms with Gasteiger partial charge in [0.25, 0.3) is 0 Å². The fourth-order valence-electron chi connectivity index (χ4n) is 0. The maximum absolute atomic E-state index is 8.83. The zero-order chi connectivity index (χ0) is 3.41. The van der Waals surface area contributed by atoms with Crippen LogP contribution in [-0.2, 0) is 9.63 Å². The molecule has 0 aromatic carbocycles. The third kappa shape index (κ3) is 12.8. The number of carbonyl (C=O) groups is 1. The van der Waals surface area contributed by atoms with Crippen molar-refractivity contribution in [1.29, 1.82) is 0 Å². The summed E-state index contributed by atoms with van der Waals surface area (Å²) in [4.78, 5) is 12.2. The second-order valence-corrected chi connectivity index (χ2v) is 0.232. The first-order valence-corrected chi connectivity index (χ1v) is 0.707. The third-order valence-electron chi connectivity index (χ3n) is 0.0556. The molecular weight excluding hydrogens is 81.0 g/mol. The van der Waals surface area contributed by atoms with Gasteiger partial charge in [0.1, 0.15) is 0 Å². The molecule has 0 aliphatic carbocycles. The van der Waals surface area contributed by atoms with Crippen LogP contribution in [0.4, 0.5) is 0 Å². The Balaban J connectivity index is 0. The number of rotatable bonds is 1. The van der Waals surface area contributed by atoms with Gasteiger partial charge < -0.3 is 4.84 Å². The first-order chi connectivity index (χ1) is 1.91. The van der Waals surface area contributed by atoms with Crippen molar-refractivity contribution in [2.75, 3.05) is 0 Å². The third-order valence-corrected chi connectivity index (χ3v) is 0.0556. The van der Waals surface area contributed by atoms with Crippen molar-refractivity contribution in [3.63, 3.8) is 0 Å². The standard InChI is InChI=1S/CH3NO2.Na.H/c2-4-1-3;;/h1H,2H2;;. The Hall–Kier alpha value is 0.430. The summed E-state index contributed by atoms with van der Waals surface area (Å²) in [5.74, 6) is 4.16. The SMILES string of the molecule is NOC=O.[NaH]. The van der Waals surface area contributed by atoms with Gasteiger partial charge in [0.05, 0.1) is 0 Å². The average molecular weight is 85.0 g/mol. The molecule has 0 radical (unpaired) electrons. The van der Waals surface area contributed by atoms with Crippen molar-refractivity contribution in [2.45, 2.75) is 0 Å². The average Bonchev–Trinajstić information content (AvgIpc) is 1.37. The van der Waals surface area contributed by atoms with Crippen LogP contribution in [0.15, 0.2) is 0 Å². The Kier molecular flexibility index (Phi) is 16.0. The van der Waals surface area contributed by atoms with Crippen molar-refractivity contribution >= 4 is 36.0 Å². The van der Waals surface area contributed by atoms with Crippen molar-refractivity contribution in [3.05, 3.63) is 0 Å². The fourth-order valence-corrected chi connectivity index (χ4v) is 0. The van der Waals surface area contributed by atoms with Crippen LogP contribution in [0.1, 0.15) is 0 Å². The summed E-state index contributed by atoms with van der Waals surface area (Å²) in [7, 11) is 0. The van der Waals surface area contributed by atoms with Gasteiger partial charge in [-0.1, -0.05) is 0 Å². The molecule has 3 nitrogen and oxygen atoms in total. The van der Waals surface area contributed by atoms with Crippen LogP contribution < -0.4 is 5.90 Å². The molecule has 0 atom stereocenters. The van der Waals surface area contributed by atoms with E-state index >= 15 is 0 Å². The van der Waals surface area contributed by atoms with Gasteiger partial charge in [0, 0.05) is 0 Å². The molecule has 0 aliphatic heterocycles. The van der Waals surface area contributed by atoms with Crippen molar-refractivity contribution in [1.82, 2.24) is 0 Å². The number of carbonyl (C=O) groups excluding carboxylic acids is 1. The Morgan fingerprint density at radius 3 is 2.00 bits per heavy atom. The predicted octanol–water partition coefficient (Wildman–Crippen LogP) is -1.62. The number of nitrogens with two attached hydrogens (primary N) is 1.